The number of aromatic nitrogens is 2. The Morgan fingerprint density at radius 1 is 0.643 bits per heavy atom. The second kappa shape index (κ2) is 30.0. The number of methoxy groups -OCH3 is 2. The zero-order chi connectivity index (χ0) is 59.3. The van der Waals surface area contributed by atoms with Crippen molar-refractivity contribution < 1.29 is 56.6 Å². The van der Waals surface area contributed by atoms with Crippen LogP contribution in [0.3, 0.4) is 0 Å². The Balaban J connectivity index is 0.000000202. The molecule has 4 saturated heterocycles. The van der Waals surface area contributed by atoms with Crippen LogP contribution in [-0.2, 0) is 71.8 Å². The van der Waals surface area contributed by atoms with Gasteiger partial charge in [-0.15, -0.1) is 0 Å². The molecule has 0 radical (unpaired) electrons. The molecule has 4 aliphatic heterocycles. The monoisotopic (exact) mass is 1160 g/mol. The number of carbonyl (C=O) groups is 2. The molecule has 0 bridgehead atoms. The highest BCUT2D eigenvalue weighted by Crippen LogP contribution is 2.40. The molecular weight excluding hydrogens is 1070 g/mol. The van der Waals surface area contributed by atoms with Gasteiger partial charge in [0.25, 0.3) is 0 Å². The van der Waals surface area contributed by atoms with E-state index in [0.29, 0.717) is 75.6 Å². The van der Waals surface area contributed by atoms with E-state index in [2.05, 4.69) is 30.9 Å². The fraction of sp³-hybridized carbons (Fsp3) is 0.647. The van der Waals surface area contributed by atoms with E-state index in [0.717, 1.165) is 150 Å². The van der Waals surface area contributed by atoms with Crippen LogP contribution in [0.15, 0.2) is 48.5 Å². The molecule has 6 aliphatic rings. The summed E-state index contributed by atoms with van der Waals surface area (Å²) in [6.45, 7) is 15.1. The van der Waals surface area contributed by atoms with Crippen LogP contribution in [0.1, 0.15) is 205 Å². The van der Waals surface area contributed by atoms with Gasteiger partial charge in [-0.05, 0) is 208 Å². The highest BCUT2D eigenvalue weighted by atomic mass is 19.1. The molecule has 0 amide bonds. The van der Waals surface area contributed by atoms with Crippen molar-refractivity contribution in [1.29, 1.82) is 0 Å². The van der Waals surface area contributed by atoms with Crippen LogP contribution in [0.5, 0.6) is 11.5 Å². The maximum Gasteiger partial charge on any atom is 0.328 e. The highest BCUT2D eigenvalue weighted by molar-refractivity contribution is 5.79. The van der Waals surface area contributed by atoms with E-state index < -0.39 is 29.5 Å². The summed E-state index contributed by atoms with van der Waals surface area (Å²) in [6, 6.07) is 11.8. The Morgan fingerprint density at radius 3 is 1.54 bits per heavy atom. The van der Waals surface area contributed by atoms with Crippen LogP contribution in [0.2, 0.25) is 0 Å². The van der Waals surface area contributed by atoms with Crippen LogP contribution in [0.25, 0.3) is 0 Å². The zero-order valence-corrected chi connectivity index (χ0v) is 51.2. The maximum absolute atomic E-state index is 14.7. The lowest BCUT2D eigenvalue weighted by Crippen LogP contribution is -2.38. The summed E-state index contributed by atoms with van der Waals surface area (Å²) in [5, 5.41) is 10.2. The van der Waals surface area contributed by atoms with Gasteiger partial charge in [-0.1, -0.05) is 26.0 Å². The number of carbonyl (C=O) groups excluding carboxylic acids is 1. The van der Waals surface area contributed by atoms with Crippen LogP contribution < -0.4 is 9.47 Å². The van der Waals surface area contributed by atoms with Crippen LogP contribution in [0, 0.1) is 23.5 Å². The number of aryl methyl sites for hydroxylation is 2. The van der Waals surface area contributed by atoms with E-state index in [1.165, 1.54) is 59.6 Å². The fourth-order valence-electron chi connectivity index (χ4n) is 13.5. The quantitative estimate of drug-likeness (QED) is 0.0587. The van der Waals surface area contributed by atoms with E-state index in [9.17, 15) is 23.5 Å². The molecule has 6 heterocycles. The molecular formula is C68H94F2N4O10. The molecule has 2 aromatic carbocycles. The first kappa shape index (κ1) is 63.4. The molecule has 10 rings (SSSR count). The van der Waals surface area contributed by atoms with E-state index in [1.807, 2.05) is 25.7 Å². The third kappa shape index (κ3) is 16.9. The highest BCUT2D eigenvalue weighted by Gasteiger charge is 2.40. The number of halogens is 2. The average molecular weight is 1170 g/mol. The number of carboxylic acids is 1. The number of ether oxygens (including phenoxy) is 7. The molecule has 16 heteroatoms. The number of pyridine rings is 2. The number of hydrogen-bond donors (Lipinski definition) is 1. The number of unbranched alkanes of at least 4 members (excludes halogenated alkanes) is 2. The Morgan fingerprint density at radius 2 is 1.11 bits per heavy atom. The average Bonchev–Trinajstić information content (AvgIpc) is 4.29. The first-order valence-electron chi connectivity index (χ1n) is 31.6. The van der Waals surface area contributed by atoms with E-state index in [1.54, 1.807) is 26.4 Å². The van der Waals surface area contributed by atoms with Gasteiger partial charge in [0.05, 0.1) is 38.6 Å². The Bertz CT molecular complexity index is 2820. The summed E-state index contributed by atoms with van der Waals surface area (Å²) >= 11 is 0. The van der Waals surface area contributed by atoms with Crippen molar-refractivity contribution in [2.45, 2.75) is 205 Å². The van der Waals surface area contributed by atoms with Crippen molar-refractivity contribution >= 4 is 11.9 Å². The minimum absolute atomic E-state index is 0.00586. The SMILES string of the molecule is COc1cc(CCCCO[C@@H]2CCN(C(C(=O)O)c3cc(F)ccc3[C@@H]3CCCCO3)C2)nc2c1CCC(C)C2.COc1cc(CCCCO[C@@H]2CCN(C(C(=O)OC(C)(C)C)c3cc(F)ccc3[C@@H]3CCCCO3)C2)nc2c1CCC(C)C2. The number of nitrogens with zero attached hydrogens (tertiary/aromatic N) is 4. The minimum atomic E-state index is -0.967. The number of esters is 1. The normalized spacial score (nSPS) is 23.6. The molecule has 4 fully saturated rings. The topological polar surface area (TPSA) is 151 Å². The number of carboxylic acid groups (broad SMARTS) is 1. The van der Waals surface area contributed by atoms with Crippen LogP contribution >= 0.6 is 0 Å². The Kier molecular flexibility index (Phi) is 22.7. The number of hydrogen-bond acceptors (Lipinski definition) is 13. The summed E-state index contributed by atoms with van der Waals surface area (Å²) in [6.07, 6.45) is 19.0. The second-order valence-electron chi connectivity index (χ2n) is 25.6. The molecule has 1 N–H and O–H groups in total. The van der Waals surface area contributed by atoms with Crippen molar-refractivity contribution in [1.82, 2.24) is 19.8 Å². The molecule has 4 unspecified atom stereocenters. The van der Waals surface area contributed by atoms with Gasteiger partial charge < -0.3 is 38.3 Å². The zero-order valence-electron chi connectivity index (χ0n) is 51.2. The summed E-state index contributed by atoms with van der Waals surface area (Å²) in [4.78, 5) is 40.1. The molecule has 0 saturated carbocycles. The molecule has 2 aromatic heterocycles. The predicted octanol–water partition coefficient (Wildman–Crippen LogP) is 12.9. The Hall–Kier alpha value is -5.10. The number of rotatable bonds is 22. The van der Waals surface area contributed by atoms with Gasteiger partial charge in [0.15, 0.2) is 0 Å². The first-order chi connectivity index (χ1) is 40.5. The molecule has 4 aromatic rings. The largest absolute Gasteiger partial charge is 0.496 e. The van der Waals surface area contributed by atoms with Gasteiger partial charge in [-0.3, -0.25) is 24.6 Å². The van der Waals surface area contributed by atoms with Gasteiger partial charge in [-0.2, -0.15) is 0 Å². The number of likely N-dealkylation sites (tertiary alicyclic amines) is 2. The number of fused-ring (bicyclic) bond motifs is 2. The lowest BCUT2D eigenvalue weighted by Gasteiger charge is -2.33. The second-order valence-corrected chi connectivity index (χ2v) is 25.6. The third-order valence-corrected chi connectivity index (χ3v) is 17.8. The number of benzene rings is 2. The van der Waals surface area contributed by atoms with Crippen molar-refractivity contribution in [2.75, 3.05) is 66.8 Å². The molecule has 84 heavy (non-hydrogen) atoms. The molecule has 14 nitrogen and oxygen atoms in total. The van der Waals surface area contributed by atoms with Gasteiger partial charge in [0.1, 0.15) is 40.8 Å². The first-order valence-corrected chi connectivity index (χ1v) is 31.6. The molecule has 8 atom stereocenters. The third-order valence-electron chi connectivity index (χ3n) is 17.8. The van der Waals surface area contributed by atoms with E-state index in [-0.39, 0.29) is 36.2 Å². The van der Waals surface area contributed by atoms with Crippen molar-refractivity contribution in [3.05, 3.63) is 116 Å². The summed E-state index contributed by atoms with van der Waals surface area (Å²) in [5.74, 6) is 1.17. The molecule has 0 spiro atoms. The smallest absolute Gasteiger partial charge is 0.328 e. The van der Waals surface area contributed by atoms with E-state index in [4.69, 9.17) is 43.1 Å². The molecule has 2 aliphatic carbocycles. The van der Waals surface area contributed by atoms with E-state index >= 15 is 0 Å². The van der Waals surface area contributed by atoms with Crippen molar-refractivity contribution in [3.8, 4) is 11.5 Å². The Labute approximate surface area is 498 Å². The standard InChI is InChI=1S/C36H51FN2O5.C32H43FN2O5/c1-24-12-14-29-31(20-24)38-26(22-33(29)41-5)10-6-8-18-42-27-16-17-39(23-27)34(35(40)44-36(2,3)4)30-21-25(37)13-15-28(30)32-11-7-9-19-43-32;1-21-9-11-26-28(17-21)34-23(19-30(26)38-2)7-3-5-15-39-24-13-14-35(20-24)31(32(36)37)27-18-22(33)10-12-25(27)29-8-4-6-16-40-29/h13,15,21-22,24,27,32,34H,6-12,14,16-20,23H2,1-5H3;10,12,18-19,21,24,29,31H,3-9,11,13-17,20H2,1-2H3,(H,36,37)/t24?,27-,32+,34?;21?,24-,29+,31?/m11/s1. The lowest BCUT2D eigenvalue weighted by molar-refractivity contribution is -0.161. The van der Waals surface area contributed by atoms with Gasteiger partial charge in [0, 0.05) is 98.6 Å². The van der Waals surface area contributed by atoms with Crippen molar-refractivity contribution in [2.24, 2.45) is 11.8 Å². The summed E-state index contributed by atoms with van der Waals surface area (Å²) in [7, 11) is 3.49. The molecule has 460 valence electrons. The summed E-state index contributed by atoms with van der Waals surface area (Å²) < 4.78 is 70.8. The van der Waals surface area contributed by atoms with Gasteiger partial charge >= 0.3 is 11.9 Å². The lowest BCUT2D eigenvalue weighted by atomic mass is 9.87. The van der Waals surface area contributed by atoms with Gasteiger partial charge in [-0.25, -0.2) is 13.6 Å². The minimum Gasteiger partial charge on any atom is -0.496 e. The van der Waals surface area contributed by atoms with Crippen LogP contribution in [-0.4, -0.2) is 121 Å². The predicted molar refractivity (Wildman–Crippen MR) is 319 cm³/mol. The van der Waals surface area contributed by atoms with Crippen LogP contribution in [0.4, 0.5) is 8.78 Å². The van der Waals surface area contributed by atoms with Gasteiger partial charge in [0.2, 0.25) is 0 Å². The number of aliphatic carboxylic acids is 1. The maximum atomic E-state index is 14.7. The fourth-order valence-corrected chi connectivity index (χ4v) is 13.5. The van der Waals surface area contributed by atoms with Crippen molar-refractivity contribution in [3.63, 3.8) is 0 Å². The summed E-state index contributed by atoms with van der Waals surface area (Å²) in [5.41, 5.74) is 9.29.